The number of rotatable bonds is 12. The molecule has 0 aliphatic carbocycles. The summed E-state index contributed by atoms with van der Waals surface area (Å²) in [6.07, 6.45) is 2.29. The number of hydrogen-bond acceptors (Lipinski definition) is 4. The molecular weight excluding hydrogens is 594 g/mol. The molecule has 228 valence electrons. The van der Waals surface area contributed by atoms with Gasteiger partial charge in [-0.2, -0.15) is 4.31 Å². The van der Waals surface area contributed by atoms with Crippen LogP contribution in [0.3, 0.4) is 0 Å². The van der Waals surface area contributed by atoms with Crippen LogP contribution in [0.1, 0.15) is 47.6 Å². The summed E-state index contributed by atoms with van der Waals surface area (Å²) in [5.74, 6) is -0.476. The molecule has 1 fully saturated rings. The summed E-state index contributed by atoms with van der Waals surface area (Å²) in [6.45, 7) is 1.63. The molecule has 9 heteroatoms. The van der Waals surface area contributed by atoms with Crippen molar-refractivity contribution in [3.63, 3.8) is 0 Å². The van der Waals surface area contributed by atoms with Crippen LogP contribution in [0, 0.1) is 0 Å². The number of aryl methyl sites for hydroxylation is 1. The fraction of sp³-hybridized carbons (Fsp3) is 0.257. The molecule has 7 nitrogen and oxygen atoms in total. The summed E-state index contributed by atoms with van der Waals surface area (Å²) in [5.41, 5.74) is 3.35. The molecule has 44 heavy (non-hydrogen) atoms. The monoisotopic (exact) mass is 629 g/mol. The van der Waals surface area contributed by atoms with Crippen LogP contribution < -0.4 is 5.32 Å². The highest BCUT2D eigenvalue weighted by Crippen LogP contribution is 2.27. The van der Waals surface area contributed by atoms with E-state index in [-0.39, 0.29) is 29.7 Å². The van der Waals surface area contributed by atoms with Crippen LogP contribution in [0.5, 0.6) is 0 Å². The van der Waals surface area contributed by atoms with Crippen LogP contribution in [0.15, 0.2) is 114 Å². The van der Waals surface area contributed by atoms with E-state index in [1.807, 2.05) is 72.8 Å². The SMILES string of the molecule is O=C(NCc1ccccc1)[C@H](c1ccccc1)N(Cc1ccc(Cl)cc1)C(=O)CCc1ccc(S(=O)(=O)N2CCCC2)cc1. The highest BCUT2D eigenvalue weighted by molar-refractivity contribution is 7.89. The van der Waals surface area contributed by atoms with E-state index in [2.05, 4.69) is 5.32 Å². The molecule has 2 amide bonds. The fourth-order valence-corrected chi connectivity index (χ4v) is 7.04. The summed E-state index contributed by atoms with van der Waals surface area (Å²) in [5, 5.41) is 3.62. The molecule has 0 aromatic heterocycles. The molecule has 1 N–H and O–H groups in total. The summed E-state index contributed by atoms with van der Waals surface area (Å²) in [7, 11) is -3.51. The fourth-order valence-electron chi connectivity index (χ4n) is 5.40. The highest BCUT2D eigenvalue weighted by atomic mass is 35.5. The summed E-state index contributed by atoms with van der Waals surface area (Å²) in [4.78, 5) is 29.7. The molecule has 1 saturated heterocycles. The Morgan fingerprint density at radius 1 is 0.773 bits per heavy atom. The number of sulfonamides is 1. The Hall–Kier alpha value is -3.98. The van der Waals surface area contributed by atoms with Gasteiger partial charge in [-0.1, -0.05) is 96.5 Å². The van der Waals surface area contributed by atoms with Gasteiger partial charge in [0.15, 0.2) is 0 Å². The molecule has 0 saturated carbocycles. The highest BCUT2D eigenvalue weighted by Gasteiger charge is 2.31. The quantitative estimate of drug-likeness (QED) is 0.204. The van der Waals surface area contributed by atoms with Gasteiger partial charge in [-0.05, 0) is 65.8 Å². The Bertz CT molecular complexity index is 1640. The van der Waals surface area contributed by atoms with Crippen molar-refractivity contribution in [3.8, 4) is 0 Å². The number of nitrogens with one attached hydrogen (secondary N) is 1. The Kier molecular flexibility index (Phi) is 10.5. The van der Waals surface area contributed by atoms with Gasteiger partial charge in [-0.3, -0.25) is 9.59 Å². The van der Waals surface area contributed by atoms with Gasteiger partial charge in [-0.15, -0.1) is 0 Å². The first-order valence-corrected chi connectivity index (χ1v) is 16.6. The molecule has 0 spiro atoms. The van der Waals surface area contributed by atoms with Crippen LogP contribution in [0.25, 0.3) is 0 Å². The van der Waals surface area contributed by atoms with E-state index in [9.17, 15) is 18.0 Å². The molecule has 5 rings (SSSR count). The first kappa shape index (κ1) is 31.4. The average molecular weight is 630 g/mol. The van der Waals surface area contributed by atoms with Crippen LogP contribution in [-0.2, 0) is 39.1 Å². The second-order valence-corrected chi connectivity index (χ2v) is 13.3. The van der Waals surface area contributed by atoms with E-state index in [1.165, 1.54) is 4.31 Å². The number of amides is 2. The topological polar surface area (TPSA) is 86.8 Å². The maximum absolute atomic E-state index is 14.0. The molecule has 0 bridgehead atoms. The Balaban J connectivity index is 1.37. The van der Waals surface area contributed by atoms with Gasteiger partial charge in [0.1, 0.15) is 6.04 Å². The number of halogens is 1. The minimum atomic E-state index is -3.51. The Labute approximate surface area is 264 Å². The van der Waals surface area contributed by atoms with Crippen molar-refractivity contribution in [2.24, 2.45) is 0 Å². The zero-order chi connectivity index (χ0) is 30.9. The maximum Gasteiger partial charge on any atom is 0.247 e. The second-order valence-electron chi connectivity index (χ2n) is 10.9. The van der Waals surface area contributed by atoms with Gasteiger partial charge >= 0.3 is 0 Å². The van der Waals surface area contributed by atoms with Crippen molar-refractivity contribution in [2.75, 3.05) is 13.1 Å². The van der Waals surface area contributed by atoms with Crippen molar-refractivity contribution in [1.82, 2.24) is 14.5 Å². The van der Waals surface area contributed by atoms with Crippen molar-refractivity contribution < 1.29 is 18.0 Å². The molecule has 1 aliphatic heterocycles. The van der Waals surface area contributed by atoms with E-state index >= 15 is 0 Å². The van der Waals surface area contributed by atoms with Crippen molar-refractivity contribution >= 4 is 33.4 Å². The summed E-state index contributed by atoms with van der Waals surface area (Å²) in [6, 6.07) is 32.1. The first-order valence-electron chi connectivity index (χ1n) is 14.8. The third-order valence-electron chi connectivity index (χ3n) is 7.83. The molecule has 4 aromatic rings. The molecule has 0 radical (unpaired) electrons. The van der Waals surface area contributed by atoms with Gasteiger partial charge in [0.05, 0.1) is 4.90 Å². The third-order valence-corrected chi connectivity index (χ3v) is 9.99. The van der Waals surface area contributed by atoms with Gasteiger partial charge in [0.2, 0.25) is 21.8 Å². The van der Waals surface area contributed by atoms with Crippen LogP contribution in [0.2, 0.25) is 5.02 Å². The van der Waals surface area contributed by atoms with Gasteiger partial charge in [-0.25, -0.2) is 8.42 Å². The van der Waals surface area contributed by atoms with E-state index in [4.69, 9.17) is 11.6 Å². The standard InChI is InChI=1S/C35H36ClN3O4S/c36-31-18-13-29(14-19-31)26-39(34(30-11-5-2-6-12-30)35(41)37-25-28-9-3-1-4-10-28)33(40)22-17-27-15-20-32(21-16-27)44(42,43)38-23-7-8-24-38/h1-6,9-16,18-21,34H,7-8,17,22-26H2,(H,37,41)/t34-/m0/s1. The molecule has 0 unspecified atom stereocenters. The van der Waals surface area contributed by atoms with E-state index in [0.29, 0.717) is 36.6 Å². The number of hydrogen-bond donors (Lipinski definition) is 1. The van der Waals surface area contributed by atoms with Gasteiger partial charge in [0, 0.05) is 37.6 Å². The summed E-state index contributed by atoms with van der Waals surface area (Å²) >= 11 is 6.13. The largest absolute Gasteiger partial charge is 0.350 e. The minimum Gasteiger partial charge on any atom is -0.350 e. The first-order chi connectivity index (χ1) is 21.3. The molecule has 1 aliphatic rings. The third kappa shape index (κ3) is 7.94. The van der Waals surface area contributed by atoms with Gasteiger partial charge < -0.3 is 10.2 Å². The predicted molar refractivity (Wildman–Crippen MR) is 172 cm³/mol. The Morgan fingerprint density at radius 2 is 1.36 bits per heavy atom. The van der Waals surface area contributed by atoms with Crippen LogP contribution in [-0.4, -0.2) is 42.5 Å². The predicted octanol–water partition coefficient (Wildman–Crippen LogP) is 6.14. The average Bonchev–Trinajstić information content (AvgIpc) is 3.61. The Morgan fingerprint density at radius 3 is 2.00 bits per heavy atom. The van der Waals surface area contributed by atoms with E-state index in [1.54, 1.807) is 41.3 Å². The van der Waals surface area contributed by atoms with Crippen molar-refractivity contribution in [2.45, 2.75) is 49.7 Å². The van der Waals surface area contributed by atoms with Crippen LogP contribution in [0.4, 0.5) is 0 Å². The number of carbonyl (C=O) groups is 2. The minimum absolute atomic E-state index is 0.140. The van der Waals surface area contributed by atoms with Gasteiger partial charge in [0.25, 0.3) is 0 Å². The van der Waals surface area contributed by atoms with E-state index in [0.717, 1.165) is 29.5 Å². The van der Waals surface area contributed by atoms with Crippen molar-refractivity contribution in [1.29, 1.82) is 0 Å². The lowest BCUT2D eigenvalue weighted by atomic mass is 10.0. The molecule has 4 aromatic carbocycles. The zero-order valence-corrected chi connectivity index (χ0v) is 26.0. The van der Waals surface area contributed by atoms with Crippen molar-refractivity contribution in [3.05, 3.63) is 136 Å². The normalized spacial score (nSPS) is 14.2. The summed E-state index contributed by atoms with van der Waals surface area (Å²) < 4.78 is 27.4. The molecule has 1 atom stereocenters. The molecular formula is C35H36ClN3O4S. The smallest absolute Gasteiger partial charge is 0.247 e. The lowest BCUT2D eigenvalue weighted by Gasteiger charge is -2.32. The molecule has 1 heterocycles. The lowest BCUT2D eigenvalue weighted by Crippen LogP contribution is -2.43. The number of nitrogens with zero attached hydrogens (tertiary/aromatic N) is 2. The van der Waals surface area contributed by atoms with E-state index < -0.39 is 16.1 Å². The van der Waals surface area contributed by atoms with Crippen LogP contribution >= 0.6 is 11.6 Å². The lowest BCUT2D eigenvalue weighted by molar-refractivity contribution is -0.141. The number of carbonyl (C=O) groups excluding carboxylic acids is 2. The maximum atomic E-state index is 14.0. The second kappa shape index (κ2) is 14.7. The number of benzene rings is 4. The zero-order valence-electron chi connectivity index (χ0n) is 24.4.